The van der Waals surface area contributed by atoms with Crippen LogP contribution < -0.4 is 5.73 Å². The molecule has 0 aliphatic carbocycles. The van der Waals surface area contributed by atoms with Gasteiger partial charge in [-0.2, -0.15) is 0 Å². The van der Waals surface area contributed by atoms with Gasteiger partial charge in [0.05, 0.1) is 6.42 Å². The number of amides is 1. The molecule has 1 aromatic rings. The lowest BCUT2D eigenvalue weighted by atomic mass is 9.89. The van der Waals surface area contributed by atoms with Crippen LogP contribution in [-0.2, 0) is 16.6 Å². The highest BCUT2D eigenvalue weighted by Crippen LogP contribution is 2.19. The average molecular weight is 193 g/mol. The van der Waals surface area contributed by atoms with Gasteiger partial charge < -0.3 is 5.73 Å². The van der Waals surface area contributed by atoms with Gasteiger partial charge in [-0.1, -0.05) is 20.8 Å². The number of carbonyl (C=O) groups excluding carboxylic acids is 1. The fourth-order valence-corrected chi connectivity index (χ4v) is 0.989. The normalized spacial score (nSPS) is 11.4. The van der Waals surface area contributed by atoms with Crippen molar-refractivity contribution in [2.45, 2.75) is 32.6 Å². The Hall–Kier alpha value is -1.45. The minimum absolute atomic E-state index is 0.0330. The van der Waals surface area contributed by atoms with Crippen LogP contribution in [0.4, 0.5) is 0 Å². The van der Waals surface area contributed by atoms with Crippen molar-refractivity contribution in [2.75, 3.05) is 0 Å². The lowest BCUT2D eigenvalue weighted by Gasteiger charge is -2.17. The second kappa shape index (κ2) is 3.74. The zero-order valence-electron chi connectivity index (χ0n) is 8.74. The van der Waals surface area contributed by atoms with E-state index in [1.165, 1.54) is 0 Å². The first-order chi connectivity index (χ1) is 6.39. The van der Waals surface area contributed by atoms with Crippen molar-refractivity contribution < 1.29 is 4.79 Å². The number of nitrogens with two attached hydrogens (primary N) is 1. The first-order valence-corrected chi connectivity index (χ1v) is 4.49. The molecular weight excluding hydrogens is 178 g/mol. The van der Waals surface area contributed by atoms with Gasteiger partial charge >= 0.3 is 0 Å². The molecule has 1 amide bonds. The molecule has 0 aliphatic heterocycles. The van der Waals surface area contributed by atoms with Crippen LogP contribution in [0.15, 0.2) is 12.4 Å². The third kappa shape index (κ3) is 2.80. The molecule has 0 aromatic carbocycles. The van der Waals surface area contributed by atoms with E-state index in [-0.39, 0.29) is 11.8 Å². The summed E-state index contributed by atoms with van der Waals surface area (Å²) >= 11 is 0. The first-order valence-electron chi connectivity index (χ1n) is 4.49. The fraction of sp³-hybridized carbons (Fsp3) is 0.500. The second-order valence-electron chi connectivity index (χ2n) is 4.28. The Labute approximate surface area is 83.6 Å². The molecule has 14 heavy (non-hydrogen) atoms. The van der Waals surface area contributed by atoms with Gasteiger partial charge in [0.15, 0.2) is 0 Å². The molecule has 0 saturated carbocycles. The quantitative estimate of drug-likeness (QED) is 0.755. The molecular formula is C10H15N3O. The largest absolute Gasteiger partial charge is 0.369 e. The molecule has 1 rings (SSSR count). The van der Waals surface area contributed by atoms with Crippen molar-refractivity contribution >= 4 is 5.91 Å². The van der Waals surface area contributed by atoms with Gasteiger partial charge in [-0.05, 0) is 11.0 Å². The van der Waals surface area contributed by atoms with Gasteiger partial charge in [0, 0.05) is 12.4 Å². The van der Waals surface area contributed by atoms with Crippen LogP contribution in [0.25, 0.3) is 0 Å². The van der Waals surface area contributed by atoms with Crippen LogP contribution in [0.2, 0.25) is 0 Å². The summed E-state index contributed by atoms with van der Waals surface area (Å²) in [6, 6.07) is 0. The summed E-state index contributed by atoms with van der Waals surface area (Å²) < 4.78 is 0. The highest BCUT2D eigenvalue weighted by molar-refractivity contribution is 5.75. The molecule has 0 fully saturated rings. The SMILES string of the molecule is CC(C)(C)c1cnc(CC(N)=O)nc1. The van der Waals surface area contributed by atoms with E-state index in [9.17, 15) is 4.79 Å². The Morgan fingerprint density at radius 3 is 2.21 bits per heavy atom. The van der Waals surface area contributed by atoms with Crippen molar-refractivity contribution in [3.8, 4) is 0 Å². The van der Waals surface area contributed by atoms with Crippen molar-refractivity contribution in [3.63, 3.8) is 0 Å². The van der Waals surface area contributed by atoms with Crippen LogP contribution in [0.3, 0.4) is 0 Å². The van der Waals surface area contributed by atoms with Crippen molar-refractivity contribution in [2.24, 2.45) is 5.73 Å². The number of carbonyl (C=O) groups is 1. The molecule has 0 spiro atoms. The van der Waals surface area contributed by atoms with E-state index < -0.39 is 5.91 Å². The van der Waals surface area contributed by atoms with Gasteiger partial charge in [0.2, 0.25) is 5.91 Å². The molecule has 0 bridgehead atoms. The molecule has 4 heteroatoms. The summed E-state index contributed by atoms with van der Waals surface area (Å²) in [6.45, 7) is 6.25. The average Bonchev–Trinajstić information content (AvgIpc) is 2.02. The molecule has 1 heterocycles. The van der Waals surface area contributed by atoms with E-state index in [4.69, 9.17) is 5.73 Å². The summed E-state index contributed by atoms with van der Waals surface area (Å²) in [5.74, 6) is 0.0685. The first kappa shape index (κ1) is 10.6. The number of aromatic nitrogens is 2. The Morgan fingerprint density at radius 2 is 1.86 bits per heavy atom. The molecule has 0 saturated heterocycles. The van der Waals surface area contributed by atoms with E-state index in [1.807, 2.05) is 0 Å². The van der Waals surface area contributed by atoms with Crippen molar-refractivity contribution in [3.05, 3.63) is 23.8 Å². The van der Waals surface area contributed by atoms with E-state index in [2.05, 4.69) is 30.7 Å². The summed E-state index contributed by atoms with van der Waals surface area (Å²) in [4.78, 5) is 18.7. The van der Waals surface area contributed by atoms with E-state index in [1.54, 1.807) is 12.4 Å². The predicted octanol–water partition coefficient (Wildman–Crippen LogP) is 0.802. The Balaban J connectivity index is 2.84. The minimum atomic E-state index is -0.409. The number of rotatable bonds is 2. The summed E-state index contributed by atoms with van der Waals surface area (Å²) in [6.07, 6.45) is 3.58. The monoisotopic (exact) mass is 193 g/mol. The molecule has 0 aliphatic rings. The van der Waals surface area contributed by atoms with Crippen LogP contribution in [0, 0.1) is 0 Å². The third-order valence-electron chi connectivity index (χ3n) is 1.90. The molecule has 1 aromatic heterocycles. The Kier molecular flexibility index (Phi) is 2.84. The Bertz CT molecular complexity index is 324. The standard InChI is InChI=1S/C10H15N3O/c1-10(2,3)7-5-12-9(13-6-7)4-8(11)14/h5-6H,4H2,1-3H3,(H2,11,14). The fourth-order valence-electron chi connectivity index (χ4n) is 0.989. The zero-order chi connectivity index (χ0) is 10.8. The molecule has 76 valence electrons. The number of hydrogen-bond donors (Lipinski definition) is 1. The van der Waals surface area contributed by atoms with Crippen molar-refractivity contribution in [1.82, 2.24) is 9.97 Å². The lowest BCUT2D eigenvalue weighted by molar-refractivity contribution is -0.117. The number of nitrogens with zero attached hydrogens (tertiary/aromatic N) is 2. The van der Waals surface area contributed by atoms with Crippen LogP contribution in [0.1, 0.15) is 32.2 Å². The second-order valence-corrected chi connectivity index (χ2v) is 4.28. The smallest absolute Gasteiger partial charge is 0.225 e. The number of primary amides is 1. The highest BCUT2D eigenvalue weighted by atomic mass is 16.1. The van der Waals surface area contributed by atoms with E-state index in [0.29, 0.717) is 5.82 Å². The van der Waals surface area contributed by atoms with E-state index in [0.717, 1.165) is 5.56 Å². The molecule has 2 N–H and O–H groups in total. The van der Waals surface area contributed by atoms with Gasteiger partial charge in [0.1, 0.15) is 5.82 Å². The third-order valence-corrected chi connectivity index (χ3v) is 1.90. The van der Waals surface area contributed by atoms with Gasteiger partial charge in [-0.25, -0.2) is 9.97 Å². The number of hydrogen-bond acceptors (Lipinski definition) is 3. The molecule has 0 atom stereocenters. The Morgan fingerprint density at radius 1 is 1.36 bits per heavy atom. The minimum Gasteiger partial charge on any atom is -0.369 e. The highest BCUT2D eigenvalue weighted by Gasteiger charge is 2.14. The molecule has 0 unspecified atom stereocenters. The van der Waals surface area contributed by atoms with Crippen LogP contribution >= 0.6 is 0 Å². The zero-order valence-corrected chi connectivity index (χ0v) is 8.74. The van der Waals surface area contributed by atoms with Crippen molar-refractivity contribution in [1.29, 1.82) is 0 Å². The van der Waals surface area contributed by atoms with Crippen LogP contribution in [-0.4, -0.2) is 15.9 Å². The predicted molar refractivity (Wildman–Crippen MR) is 53.6 cm³/mol. The summed E-state index contributed by atoms with van der Waals surface area (Å²) in [7, 11) is 0. The maximum absolute atomic E-state index is 10.6. The van der Waals surface area contributed by atoms with Crippen LogP contribution in [0.5, 0.6) is 0 Å². The molecule has 0 radical (unpaired) electrons. The van der Waals surface area contributed by atoms with Gasteiger partial charge in [-0.3, -0.25) is 4.79 Å². The lowest BCUT2D eigenvalue weighted by Crippen LogP contribution is -2.17. The summed E-state index contributed by atoms with van der Waals surface area (Å²) in [5.41, 5.74) is 6.11. The topological polar surface area (TPSA) is 68.9 Å². The summed E-state index contributed by atoms with van der Waals surface area (Å²) in [5, 5.41) is 0. The maximum Gasteiger partial charge on any atom is 0.225 e. The van der Waals surface area contributed by atoms with E-state index >= 15 is 0 Å². The maximum atomic E-state index is 10.6. The van der Waals surface area contributed by atoms with Gasteiger partial charge in [0.25, 0.3) is 0 Å². The molecule has 4 nitrogen and oxygen atoms in total. The van der Waals surface area contributed by atoms with Gasteiger partial charge in [-0.15, -0.1) is 0 Å².